The number of aromatic nitrogens is 2. The first-order valence-corrected chi connectivity index (χ1v) is 8.57. The quantitative estimate of drug-likeness (QED) is 0.769. The van der Waals surface area contributed by atoms with E-state index in [1.807, 2.05) is 27.0 Å². The zero-order valence-electron chi connectivity index (χ0n) is 12.3. The van der Waals surface area contributed by atoms with Gasteiger partial charge in [-0.3, -0.25) is 9.48 Å². The third-order valence-corrected chi connectivity index (χ3v) is 4.65. The molecular weight excluding hydrogens is 278 g/mol. The molecule has 1 aromatic heterocycles. The van der Waals surface area contributed by atoms with Crippen LogP contribution < -0.4 is 5.32 Å². The summed E-state index contributed by atoms with van der Waals surface area (Å²) in [6, 6.07) is 0. The maximum atomic E-state index is 11.6. The Hall–Kier alpha value is -1.37. The van der Waals surface area contributed by atoms with Gasteiger partial charge in [-0.1, -0.05) is 13.8 Å². The molecule has 0 radical (unpaired) electrons. The van der Waals surface area contributed by atoms with Crippen molar-refractivity contribution in [2.24, 2.45) is 5.92 Å². The first-order valence-electron chi connectivity index (χ1n) is 6.74. The summed E-state index contributed by atoms with van der Waals surface area (Å²) in [5, 5.41) is 6.80. The van der Waals surface area contributed by atoms with E-state index in [1.54, 1.807) is 10.9 Å². The average molecular weight is 301 g/mol. The first-order chi connectivity index (χ1) is 9.28. The van der Waals surface area contributed by atoms with Gasteiger partial charge in [0.2, 0.25) is 5.91 Å². The monoisotopic (exact) mass is 301 g/mol. The molecule has 0 unspecified atom stereocenters. The number of sulfone groups is 1. The van der Waals surface area contributed by atoms with E-state index in [2.05, 4.69) is 10.4 Å². The molecule has 6 nitrogen and oxygen atoms in total. The minimum Gasteiger partial charge on any atom is -0.354 e. The van der Waals surface area contributed by atoms with E-state index in [0.29, 0.717) is 13.1 Å². The van der Waals surface area contributed by atoms with E-state index in [-0.39, 0.29) is 29.8 Å². The van der Waals surface area contributed by atoms with Crippen LogP contribution in [0.1, 0.15) is 25.8 Å². The van der Waals surface area contributed by atoms with Crippen molar-refractivity contribution in [1.29, 1.82) is 0 Å². The van der Waals surface area contributed by atoms with Crippen molar-refractivity contribution < 1.29 is 13.2 Å². The summed E-state index contributed by atoms with van der Waals surface area (Å²) >= 11 is 0. The Morgan fingerprint density at radius 2 is 2.15 bits per heavy atom. The van der Waals surface area contributed by atoms with Crippen molar-refractivity contribution in [2.45, 2.75) is 33.7 Å². The molecule has 0 atom stereocenters. The highest BCUT2D eigenvalue weighted by atomic mass is 32.2. The van der Waals surface area contributed by atoms with E-state index in [0.717, 1.165) is 5.56 Å². The number of nitrogens with one attached hydrogen (secondary N) is 1. The second-order valence-corrected chi connectivity index (χ2v) is 7.62. The highest BCUT2D eigenvalue weighted by molar-refractivity contribution is 7.91. The number of nitrogens with zero attached hydrogens (tertiary/aromatic N) is 2. The van der Waals surface area contributed by atoms with Gasteiger partial charge in [0.25, 0.3) is 0 Å². The molecule has 0 aliphatic heterocycles. The molecule has 1 heterocycles. The fraction of sp³-hybridized carbons (Fsp3) is 0.692. The summed E-state index contributed by atoms with van der Waals surface area (Å²) in [5.41, 5.74) is 1.07. The summed E-state index contributed by atoms with van der Waals surface area (Å²) in [6.07, 6.45) is 3.66. The Bertz CT molecular complexity index is 535. The normalized spacial score (nSPS) is 11.8. The van der Waals surface area contributed by atoms with Crippen LogP contribution in [-0.4, -0.2) is 42.2 Å². The molecule has 0 aliphatic rings. The van der Waals surface area contributed by atoms with Crippen molar-refractivity contribution in [2.75, 3.05) is 18.1 Å². The maximum absolute atomic E-state index is 11.6. The maximum Gasteiger partial charge on any atom is 0.221 e. The van der Waals surface area contributed by atoms with Crippen molar-refractivity contribution >= 4 is 15.7 Å². The third-order valence-electron chi connectivity index (χ3n) is 2.65. The molecule has 20 heavy (non-hydrogen) atoms. The second kappa shape index (κ2) is 7.42. The first kappa shape index (κ1) is 16.7. The van der Waals surface area contributed by atoms with E-state index >= 15 is 0 Å². The van der Waals surface area contributed by atoms with Crippen molar-refractivity contribution in [1.82, 2.24) is 15.1 Å². The lowest BCUT2D eigenvalue weighted by atomic mass is 10.3. The fourth-order valence-corrected chi connectivity index (χ4v) is 3.51. The van der Waals surface area contributed by atoms with Gasteiger partial charge in [-0.25, -0.2) is 8.42 Å². The van der Waals surface area contributed by atoms with Crippen LogP contribution in [0.25, 0.3) is 0 Å². The summed E-state index contributed by atoms with van der Waals surface area (Å²) < 4.78 is 25.0. The summed E-state index contributed by atoms with van der Waals surface area (Å²) in [4.78, 5) is 11.6. The van der Waals surface area contributed by atoms with Gasteiger partial charge in [0.1, 0.15) is 0 Å². The van der Waals surface area contributed by atoms with E-state index in [9.17, 15) is 13.2 Å². The van der Waals surface area contributed by atoms with Crippen LogP contribution in [0.5, 0.6) is 0 Å². The molecule has 0 aromatic carbocycles. The van der Waals surface area contributed by atoms with Crippen LogP contribution in [0.4, 0.5) is 0 Å². The van der Waals surface area contributed by atoms with Gasteiger partial charge in [0, 0.05) is 19.2 Å². The molecule has 1 aromatic rings. The average Bonchev–Trinajstić information content (AvgIpc) is 2.71. The van der Waals surface area contributed by atoms with Crippen molar-refractivity contribution in [3.8, 4) is 0 Å². The highest BCUT2D eigenvalue weighted by Gasteiger charge is 2.15. The molecule has 0 saturated carbocycles. The lowest BCUT2D eigenvalue weighted by Crippen LogP contribution is -2.29. The van der Waals surface area contributed by atoms with Gasteiger partial charge in [0.15, 0.2) is 9.84 Å². The van der Waals surface area contributed by atoms with E-state index in [4.69, 9.17) is 0 Å². The molecule has 0 fully saturated rings. The van der Waals surface area contributed by atoms with Crippen molar-refractivity contribution in [3.05, 3.63) is 18.0 Å². The predicted octanol–water partition coefficient (Wildman–Crippen LogP) is 0.769. The summed E-state index contributed by atoms with van der Waals surface area (Å²) in [5.74, 6) is -0.0996. The summed E-state index contributed by atoms with van der Waals surface area (Å²) in [6.45, 7) is 6.68. The lowest BCUT2D eigenvalue weighted by Gasteiger charge is -2.08. The molecule has 0 bridgehead atoms. The zero-order valence-corrected chi connectivity index (χ0v) is 13.1. The van der Waals surface area contributed by atoms with Gasteiger partial charge < -0.3 is 5.32 Å². The highest BCUT2D eigenvalue weighted by Crippen LogP contribution is 2.02. The Balaban J connectivity index is 2.24. The number of carbonyl (C=O) groups is 1. The zero-order chi connectivity index (χ0) is 15.2. The molecule has 1 rings (SSSR count). The van der Waals surface area contributed by atoms with Gasteiger partial charge in [-0.15, -0.1) is 0 Å². The number of carbonyl (C=O) groups excluding carboxylic acids is 1. The molecule has 114 valence electrons. The SMILES string of the molecule is Cc1cnn(CCNC(=O)CCS(=O)(=O)CC(C)C)c1. The van der Waals surface area contributed by atoms with Crippen LogP contribution >= 0.6 is 0 Å². The summed E-state index contributed by atoms with van der Waals surface area (Å²) in [7, 11) is -3.13. The smallest absolute Gasteiger partial charge is 0.221 e. The van der Waals surface area contributed by atoms with E-state index in [1.165, 1.54) is 0 Å². The predicted molar refractivity (Wildman–Crippen MR) is 78.1 cm³/mol. The van der Waals surface area contributed by atoms with Crippen LogP contribution in [0.2, 0.25) is 0 Å². The lowest BCUT2D eigenvalue weighted by molar-refractivity contribution is -0.120. The number of hydrogen-bond donors (Lipinski definition) is 1. The molecule has 7 heteroatoms. The van der Waals surface area contributed by atoms with Crippen LogP contribution in [0.15, 0.2) is 12.4 Å². The Morgan fingerprint density at radius 1 is 1.45 bits per heavy atom. The fourth-order valence-electron chi connectivity index (χ4n) is 1.83. The standard InChI is InChI=1S/C13H23N3O3S/c1-11(2)10-20(18,19)7-4-13(17)14-5-6-16-9-12(3)8-15-16/h8-9,11H,4-7,10H2,1-3H3,(H,14,17). The Kier molecular flexibility index (Phi) is 6.19. The molecule has 0 spiro atoms. The number of hydrogen-bond acceptors (Lipinski definition) is 4. The Morgan fingerprint density at radius 3 is 2.70 bits per heavy atom. The van der Waals surface area contributed by atoms with Crippen LogP contribution in [0, 0.1) is 12.8 Å². The minimum atomic E-state index is -3.13. The molecule has 0 saturated heterocycles. The van der Waals surface area contributed by atoms with Crippen LogP contribution in [-0.2, 0) is 21.2 Å². The van der Waals surface area contributed by atoms with E-state index < -0.39 is 9.84 Å². The second-order valence-electron chi connectivity index (χ2n) is 5.39. The van der Waals surface area contributed by atoms with Gasteiger partial charge in [-0.05, 0) is 18.4 Å². The Labute approximate surface area is 120 Å². The molecule has 1 N–H and O–H groups in total. The van der Waals surface area contributed by atoms with Gasteiger partial charge in [0.05, 0.1) is 24.2 Å². The van der Waals surface area contributed by atoms with Gasteiger partial charge in [-0.2, -0.15) is 5.10 Å². The third kappa shape index (κ3) is 6.70. The minimum absolute atomic E-state index is 0.0210. The van der Waals surface area contributed by atoms with Gasteiger partial charge >= 0.3 is 0 Å². The van der Waals surface area contributed by atoms with Crippen molar-refractivity contribution in [3.63, 3.8) is 0 Å². The largest absolute Gasteiger partial charge is 0.354 e. The molecule has 1 amide bonds. The van der Waals surface area contributed by atoms with Crippen LogP contribution in [0.3, 0.4) is 0 Å². The number of aryl methyl sites for hydroxylation is 1. The topological polar surface area (TPSA) is 81.1 Å². The molecule has 0 aliphatic carbocycles. The molecular formula is C13H23N3O3S. The number of rotatable bonds is 8. The number of amides is 1.